The van der Waals surface area contributed by atoms with Crippen molar-refractivity contribution < 1.29 is 4.79 Å². The number of hydrogen-bond donors (Lipinski definition) is 3. The van der Waals surface area contributed by atoms with Crippen LogP contribution in [0.4, 0.5) is 5.82 Å². The first-order chi connectivity index (χ1) is 8.13. The Balaban J connectivity index is 1.90. The van der Waals surface area contributed by atoms with Gasteiger partial charge in [0.05, 0.1) is 5.56 Å². The molecule has 1 heterocycles. The highest BCUT2D eigenvalue weighted by molar-refractivity contribution is 5.94. The number of nitrogen functional groups attached to an aromatic ring is 1. The minimum Gasteiger partial charge on any atom is -0.351 e. The van der Waals surface area contributed by atoms with Crippen LogP contribution in [0.5, 0.6) is 0 Å². The molecule has 1 saturated carbocycles. The fourth-order valence-electron chi connectivity index (χ4n) is 1.97. The van der Waals surface area contributed by atoms with Crippen molar-refractivity contribution in [1.29, 1.82) is 0 Å². The quantitative estimate of drug-likeness (QED) is 0.541. The summed E-state index contributed by atoms with van der Waals surface area (Å²) < 4.78 is 0. The molecule has 5 nitrogen and oxygen atoms in total. The molecule has 1 aromatic rings. The van der Waals surface area contributed by atoms with E-state index in [0.717, 1.165) is 6.54 Å². The number of amides is 1. The molecule has 1 aromatic heterocycles. The summed E-state index contributed by atoms with van der Waals surface area (Å²) in [5.74, 6) is 5.68. The monoisotopic (exact) mass is 234 g/mol. The largest absolute Gasteiger partial charge is 0.351 e. The van der Waals surface area contributed by atoms with Gasteiger partial charge < -0.3 is 10.7 Å². The van der Waals surface area contributed by atoms with E-state index in [4.69, 9.17) is 5.84 Å². The lowest BCUT2D eigenvalue weighted by atomic mass is 9.70. The van der Waals surface area contributed by atoms with Crippen molar-refractivity contribution >= 4 is 11.7 Å². The van der Waals surface area contributed by atoms with Crippen molar-refractivity contribution in [3.05, 3.63) is 23.9 Å². The summed E-state index contributed by atoms with van der Waals surface area (Å²) in [4.78, 5) is 15.8. The lowest BCUT2D eigenvalue weighted by Crippen LogP contribution is -2.39. The second-order valence-corrected chi connectivity index (χ2v) is 4.92. The van der Waals surface area contributed by atoms with E-state index in [2.05, 4.69) is 22.7 Å². The van der Waals surface area contributed by atoms with Crippen LogP contribution in [0.25, 0.3) is 0 Å². The van der Waals surface area contributed by atoms with Gasteiger partial charge in [0, 0.05) is 12.7 Å². The van der Waals surface area contributed by atoms with E-state index in [1.54, 1.807) is 12.1 Å². The molecule has 0 spiro atoms. The average Bonchev–Trinajstić information content (AvgIpc) is 2.33. The average molecular weight is 234 g/mol. The third-order valence-corrected chi connectivity index (χ3v) is 3.41. The molecule has 0 radical (unpaired) electrons. The predicted octanol–water partition coefficient (Wildman–Crippen LogP) is 1.29. The van der Waals surface area contributed by atoms with Crippen molar-refractivity contribution in [3.8, 4) is 0 Å². The van der Waals surface area contributed by atoms with E-state index in [-0.39, 0.29) is 5.91 Å². The van der Waals surface area contributed by atoms with Crippen molar-refractivity contribution in [2.24, 2.45) is 11.3 Å². The molecule has 0 unspecified atom stereocenters. The van der Waals surface area contributed by atoms with E-state index in [1.807, 2.05) is 0 Å². The number of nitrogens with one attached hydrogen (secondary N) is 2. The van der Waals surface area contributed by atoms with Crippen LogP contribution < -0.4 is 16.6 Å². The first kappa shape index (κ1) is 11.9. The van der Waals surface area contributed by atoms with Gasteiger partial charge in [-0.15, -0.1) is 0 Å². The number of anilines is 1. The van der Waals surface area contributed by atoms with Crippen molar-refractivity contribution in [3.63, 3.8) is 0 Å². The third kappa shape index (κ3) is 2.74. The number of pyridine rings is 1. The Morgan fingerprint density at radius 1 is 1.53 bits per heavy atom. The fraction of sp³-hybridized carbons (Fsp3) is 0.500. The third-order valence-electron chi connectivity index (χ3n) is 3.41. The molecular formula is C12H18N4O. The fourth-order valence-corrected chi connectivity index (χ4v) is 1.97. The van der Waals surface area contributed by atoms with Gasteiger partial charge in [0.25, 0.3) is 5.91 Å². The Labute approximate surface area is 101 Å². The maximum Gasteiger partial charge on any atom is 0.252 e. The number of carbonyl (C=O) groups is 1. The molecule has 0 atom stereocenters. The number of carbonyl (C=O) groups excluding carboxylic acids is 1. The predicted molar refractivity (Wildman–Crippen MR) is 66.3 cm³/mol. The van der Waals surface area contributed by atoms with Gasteiger partial charge in [-0.3, -0.25) is 4.79 Å². The molecule has 1 aliphatic rings. The number of rotatable bonds is 4. The molecule has 0 saturated heterocycles. The van der Waals surface area contributed by atoms with Gasteiger partial charge in [-0.1, -0.05) is 13.3 Å². The molecule has 0 bridgehead atoms. The summed E-state index contributed by atoms with van der Waals surface area (Å²) in [6.45, 7) is 2.94. The van der Waals surface area contributed by atoms with E-state index >= 15 is 0 Å². The van der Waals surface area contributed by atoms with Gasteiger partial charge in [-0.05, 0) is 30.4 Å². The van der Waals surface area contributed by atoms with Crippen LogP contribution in [0.1, 0.15) is 36.5 Å². The summed E-state index contributed by atoms with van der Waals surface area (Å²) in [6.07, 6.45) is 5.18. The molecule has 1 amide bonds. The molecular weight excluding hydrogens is 216 g/mol. The molecule has 92 valence electrons. The minimum atomic E-state index is -0.0748. The van der Waals surface area contributed by atoms with Gasteiger partial charge in [0.2, 0.25) is 0 Å². The lowest BCUT2D eigenvalue weighted by molar-refractivity contribution is 0.0890. The Morgan fingerprint density at radius 2 is 2.29 bits per heavy atom. The summed E-state index contributed by atoms with van der Waals surface area (Å²) in [5.41, 5.74) is 3.28. The number of nitrogens with zero attached hydrogens (tertiary/aromatic N) is 1. The summed E-state index contributed by atoms with van der Waals surface area (Å²) in [5, 5.41) is 2.95. The van der Waals surface area contributed by atoms with Crippen LogP contribution in [0, 0.1) is 5.41 Å². The highest BCUT2D eigenvalue weighted by Gasteiger charge is 2.31. The van der Waals surface area contributed by atoms with Crippen molar-refractivity contribution in [1.82, 2.24) is 10.3 Å². The van der Waals surface area contributed by atoms with Crippen LogP contribution in [-0.2, 0) is 0 Å². The van der Waals surface area contributed by atoms with E-state index in [9.17, 15) is 4.79 Å². The van der Waals surface area contributed by atoms with Crippen LogP contribution in [-0.4, -0.2) is 17.4 Å². The Kier molecular flexibility index (Phi) is 3.28. The van der Waals surface area contributed by atoms with Gasteiger partial charge in [0.15, 0.2) is 0 Å². The zero-order chi connectivity index (χ0) is 12.3. The summed E-state index contributed by atoms with van der Waals surface area (Å²) in [7, 11) is 0. The molecule has 1 aliphatic carbocycles. The van der Waals surface area contributed by atoms with Gasteiger partial charge in [0.1, 0.15) is 5.82 Å². The maximum absolute atomic E-state index is 11.8. The molecule has 1 fully saturated rings. The highest BCUT2D eigenvalue weighted by atomic mass is 16.1. The molecule has 0 aromatic carbocycles. The van der Waals surface area contributed by atoms with Gasteiger partial charge in [-0.2, -0.15) is 0 Å². The second kappa shape index (κ2) is 4.71. The first-order valence-electron chi connectivity index (χ1n) is 5.84. The molecule has 2 rings (SSSR count). The molecule has 0 aliphatic heterocycles. The van der Waals surface area contributed by atoms with E-state index < -0.39 is 0 Å². The normalized spacial score (nSPS) is 17.1. The summed E-state index contributed by atoms with van der Waals surface area (Å²) >= 11 is 0. The number of aromatic nitrogens is 1. The zero-order valence-corrected chi connectivity index (χ0v) is 9.99. The smallest absolute Gasteiger partial charge is 0.252 e. The summed E-state index contributed by atoms with van der Waals surface area (Å²) in [6, 6.07) is 3.39. The lowest BCUT2D eigenvalue weighted by Gasteiger charge is -2.38. The molecule has 4 N–H and O–H groups in total. The molecule has 17 heavy (non-hydrogen) atoms. The second-order valence-electron chi connectivity index (χ2n) is 4.92. The van der Waals surface area contributed by atoms with E-state index in [1.165, 1.54) is 25.5 Å². The standard InChI is InChI=1S/C12H18N4O/c1-12(5-2-6-12)8-15-11(17)9-3-4-10(16-13)14-7-9/h3-4,7H,2,5-6,8,13H2,1H3,(H,14,16)(H,15,17). The first-order valence-corrected chi connectivity index (χ1v) is 5.84. The topological polar surface area (TPSA) is 80.0 Å². The highest BCUT2D eigenvalue weighted by Crippen LogP contribution is 2.39. The SMILES string of the molecule is CC1(CNC(=O)c2ccc(NN)nc2)CCC1. The molecule has 5 heteroatoms. The van der Waals surface area contributed by atoms with Crippen molar-refractivity contribution in [2.75, 3.05) is 12.0 Å². The van der Waals surface area contributed by atoms with Crippen LogP contribution in [0.3, 0.4) is 0 Å². The van der Waals surface area contributed by atoms with Crippen LogP contribution in [0.15, 0.2) is 18.3 Å². The van der Waals surface area contributed by atoms with E-state index in [0.29, 0.717) is 16.8 Å². The van der Waals surface area contributed by atoms with Crippen LogP contribution in [0.2, 0.25) is 0 Å². The number of hydrogen-bond acceptors (Lipinski definition) is 4. The number of hydrazine groups is 1. The zero-order valence-electron chi connectivity index (χ0n) is 9.99. The van der Waals surface area contributed by atoms with Gasteiger partial charge in [-0.25, -0.2) is 10.8 Å². The number of nitrogens with two attached hydrogens (primary N) is 1. The Bertz CT molecular complexity index is 397. The van der Waals surface area contributed by atoms with Crippen molar-refractivity contribution in [2.45, 2.75) is 26.2 Å². The Morgan fingerprint density at radius 3 is 2.76 bits per heavy atom. The van der Waals surface area contributed by atoms with Crippen LogP contribution >= 0.6 is 0 Å². The maximum atomic E-state index is 11.8. The van der Waals surface area contributed by atoms with Gasteiger partial charge >= 0.3 is 0 Å². The Hall–Kier alpha value is -1.62. The minimum absolute atomic E-state index is 0.0748.